The van der Waals surface area contributed by atoms with Crippen molar-refractivity contribution in [1.82, 2.24) is 9.55 Å². The normalized spacial score (nSPS) is 10.5. The molecule has 0 aliphatic heterocycles. The summed E-state index contributed by atoms with van der Waals surface area (Å²) in [6, 6.07) is 7.18. The van der Waals surface area contributed by atoms with E-state index in [0.29, 0.717) is 5.69 Å². The lowest BCUT2D eigenvalue weighted by molar-refractivity contribution is 0.849. The molecule has 0 atom stereocenters. The first-order chi connectivity index (χ1) is 8.00. The van der Waals surface area contributed by atoms with E-state index in [1.165, 1.54) is 10.6 Å². The maximum absolute atomic E-state index is 11.8. The topological polar surface area (TPSA) is 54.9 Å². The van der Waals surface area contributed by atoms with Crippen LogP contribution >= 0.6 is 0 Å². The Kier molecular flexibility index (Phi) is 2.71. The van der Waals surface area contributed by atoms with E-state index >= 15 is 0 Å². The molecule has 1 heterocycles. The molecule has 0 saturated heterocycles. The highest BCUT2D eigenvalue weighted by atomic mass is 16.2. The van der Waals surface area contributed by atoms with E-state index in [2.05, 4.69) is 4.98 Å². The van der Waals surface area contributed by atoms with Gasteiger partial charge < -0.3 is 0 Å². The van der Waals surface area contributed by atoms with Gasteiger partial charge in [-0.2, -0.15) is 0 Å². The zero-order valence-electron chi connectivity index (χ0n) is 10.1. The van der Waals surface area contributed by atoms with E-state index in [-0.39, 0.29) is 5.56 Å². The van der Waals surface area contributed by atoms with Crippen molar-refractivity contribution in [3.8, 4) is 5.69 Å². The zero-order valence-corrected chi connectivity index (χ0v) is 10.1. The Hall–Kier alpha value is -2.10. The van der Waals surface area contributed by atoms with Crippen molar-refractivity contribution in [2.45, 2.75) is 20.8 Å². The van der Waals surface area contributed by atoms with Crippen molar-refractivity contribution in [2.24, 2.45) is 0 Å². The Morgan fingerprint density at radius 2 is 1.82 bits per heavy atom. The quantitative estimate of drug-likeness (QED) is 0.806. The Morgan fingerprint density at radius 3 is 2.47 bits per heavy atom. The zero-order chi connectivity index (χ0) is 12.6. The summed E-state index contributed by atoms with van der Waals surface area (Å²) in [6.45, 7) is 5.70. The molecule has 1 aromatic heterocycles. The van der Waals surface area contributed by atoms with Crippen LogP contribution in [0, 0.1) is 20.8 Å². The van der Waals surface area contributed by atoms with Crippen LogP contribution in [0.1, 0.15) is 16.8 Å². The van der Waals surface area contributed by atoms with Crippen molar-refractivity contribution in [3.05, 3.63) is 61.9 Å². The summed E-state index contributed by atoms with van der Waals surface area (Å²) in [7, 11) is 0. The third-order valence-corrected chi connectivity index (χ3v) is 2.94. The van der Waals surface area contributed by atoms with Crippen molar-refractivity contribution in [2.75, 3.05) is 0 Å². The van der Waals surface area contributed by atoms with Gasteiger partial charge in [0, 0.05) is 11.8 Å². The van der Waals surface area contributed by atoms with Crippen molar-refractivity contribution in [1.29, 1.82) is 0 Å². The monoisotopic (exact) mass is 230 g/mol. The molecule has 0 spiro atoms. The molecule has 4 heteroatoms. The highest BCUT2D eigenvalue weighted by molar-refractivity contribution is 5.45. The SMILES string of the molecule is Cc1cccc(-n2c(C)cc(=O)[nH]c2=O)c1C. The van der Waals surface area contributed by atoms with E-state index in [9.17, 15) is 9.59 Å². The first-order valence-electron chi connectivity index (χ1n) is 5.40. The van der Waals surface area contributed by atoms with Crippen LogP contribution in [-0.4, -0.2) is 9.55 Å². The smallest absolute Gasteiger partial charge is 0.274 e. The predicted molar refractivity (Wildman–Crippen MR) is 66.9 cm³/mol. The molecule has 0 aliphatic carbocycles. The van der Waals surface area contributed by atoms with Crippen LogP contribution in [0.2, 0.25) is 0 Å². The molecule has 0 saturated carbocycles. The van der Waals surface area contributed by atoms with Crippen LogP contribution < -0.4 is 11.2 Å². The summed E-state index contributed by atoms with van der Waals surface area (Å²) >= 11 is 0. The first kappa shape index (κ1) is 11.4. The molecule has 0 aliphatic rings. The third-order valence-electron chi connectivity index (χ3n) is 2.94. The largest absolute Gasteiger partial charge is 0.333 e. The minimum absolute atomic E-state index is 0.367. The van der Waals surface area contributed by atoms with E-state index in [1.54, 1.807) is 6.92 Å². The Labute approximate surface area is 98.6 Å². The van der Waals surface area contributed by atoms with Crippen molar-refractivity contribution in [3.63, 3.8) is 0 Å². The second-order valence-electron chi connectivity index (χ2n) is 4.13. The number of benzene rings is 1. The van der Waals surface area contributed by atoms with Gasteiger partial charge in [-0.3, -0.25) is 14.3 Å². The van der Waals surface area contributed by atoms with E-state index in [0.717, 1.165) is 16.8 Å². The van der Waals surface area contributed by atoms with Crippen molar-refractivity contribution >= 4 is 0 Å². The molecule has 4 nitrogen and oxygen atoms in total. The average Bonchev–Trinajstić information content (AvgIpc) is 2.23. The second kappa shape index (κ2) is 4.05. The number of hydrogen-bond donors (Lipinski definition) is 1. The van der Waals surface area contributed by atoms with E-state index in [4.69, 9.17) is 0 Å². The number of aryl methyl sites for hydroxylation is 2. The summed E-state index contributed by atoms with van der Waals surface area (Å²) in [6.07, 6.45) is 0. The Bertz CT molecular complexity index is 681. The lowest BCUT2D eigenvalue weighted by Gasteiger charge is -2.13. The number of hydrogen-bond acceptors (Lipinski definition) is 2. The Balaban J connectivity index is 2.82. The van der Waals surface area contributed by atoms with Gasteiger partial charge in [0.15, 0.2) is 0 Å². The molecular weight excluding hydrogens is 216 g/mol. The minimum atomic E-state index is -0.399. The van der Waals surface area contributed by atoms with Crippen LogP contribution in [0.3, 0.4) is 0 Å². The summed E-state index contributed by atoms with van der Waals surface area (Å²) in [4.78, 5) is 25.3. The summed E-state index contributed by atoms with van der Waals surface area (Å²) in [5.74, 6) is 0. The predicted octanol–water partition coefficient (Wildman–Crippen LogP) is 1.45. The standard InChI is InChI=1S/C13H14N2O2/c1-8-5-4-6-11(10(8)3)15-9(2)7-12(16)14-13(15)17/h4-7H,1-3H3,(H,14,16,17). The van der Waals surface area contributed by atoms with Gasteiger partial charge in [0.25, 0.3) is 5.56 Å². The molecule has 1 N–H and O–H groups in total. The van der Waals surface area contributed by atoms with Gasteiger partial charge in [-0.25, -0.2) is 4.79 Å². The molecule has 0 radical (unpaired) electrons. The van der Waals surface area contributed by atoms with E-state index < -0.39 is 5.69 Å². The third kappa shape index (κ3) is 1.93. The maximum Gasteiger partial charge on any atom is 0.333 e. The van der Waals surface area contributed by atoms with Crippen LogP contribution in [0.5, 0.6) is 0 Å². The maximum atomic E-state index is 11.8. The molecule has 88 valence electrons. The molecule has 0 bridgehead atoms. The fraction of sp³-hybridized carbons (Fsp3) is 0.231. The summed E-state index contributed by atoms with van der Waals surface area (Å²) in [5.41, 5.74) is 2.82. The number of aromatic nitrogens is 2. The fourth-order valence-electron chi connectivity index (χ4n) is 1.89. The fourth-order valence-corrected chi connectivity index (χ4v) is 1.89. The highest BCUT2D eigenvalue weighted by Crippen LogP contribution is 2.16. The lowest BCUT2D eigenvalue weighted by atomic mass is 10.1. The molecule has 0 unspecified atom stereocenters. The number of nitrogens with zero attached hydrogens (tertiary/aromatic N) is 1. The molecule has 1 aromatic carbocycles. The molecular formula is C13H14N2O2. The molecule has 2 aromatic rings. The molecule has 0 fully saturated rings. The Morgan fingerprint density at radius 1 is 1.12 bits per heavy atom. The van der Waals surface area contributed by atoms with Gasteiger partial charge in [0.1, 0.15) is 0 Å². The number of aromatic amines is 1. The average molecular weight is 230 g/mol. The number of nitrogens with one attached hydrogen (secondary N) is 1. The molecule has 17 heavy (non-hydrogen) atoms. The van der Waals surface area contributed by atoms with Crippen LogP contribution in [0.4, 0.5) is 0 Å². The van der Waals surface area contributed by atoms with Gasteiger partial charge in [0.05, 0.1) is 5.69 Å². The van der Waals surface area contributed by atoms with Gasteiger partial charge in [-0.05, 0) is 38.0 Å². The van der Waals surface area contributed by atoms with E-state index in [1.807, 2.05) is 32.0 Å². The molecule has 2 rings (SSSR count). The van der Waals surface area contributed by atoms with Gasteiger partial charge in [0.2, 0.25) is 0 Å². The highest BCUT2D eigenvalue weighted by Gasteiger charge is 2.08. The van der Waals surface area contributed by atoms with Crippen LogP contribution in [-0.2, 0) is 0 Å². The summed E-state index contributed by atoms with van der Waals surface area (Å²) < 4.78 is 1.52. The van der Waals surface area contributed by atoms with Crippen molar-refractivity contribution < 1.29 is 0 Å². The number of H-pyrrole nitrogens is 1. The van der Waals surface area contributed by atoms with Crippen LogP contribution in [0.25, 0.3) is 5.69 Å². The van der Waals surface area contributed by atoms with Crippen LogP contribution in [0.15, 0.2) is 33.9 Å². The summed E-state index contributed by atoms with van der Waals surface area (Å²) in [5, 5.41) is 0. The second-order valence-corrected chi connectivity index (χ2v) is 4.13. The van der Waals surface area contributed by atoms with Gasteiger partial charge in [-0.15, -0.1) is 0 Å². The minimum Gasteiger partial charge on any atom is -0.274 e. The lowest BCUT2D eigenvalue weighted by Crippen LogP contribution is -2.30. The number of rotatable bonds is 1. The van der Waals surface area contributed by atoms with Gasteiger partial charge >= 0.3 is 5.69 Å². The van der Waals surface area contributed by atoms with Gasteiger partial charge in [-0.1, -0.05) is 12.1 Å². The molecule has 0 amide bonds. The first-order valence-corrected chi connectivity index (χ1v) is 5.40.